The molecule has 0 radical (unpaired) electrons. The number of nitrogens with zero attached hydrogens (tertiary/aromatic N) is 2. The first kappa shape index (κ1) is 15.7. The van der Waals surface area contributed by atoms with E-state index in [0.29, 0.717) is 10.6 Å². The molecular formula is C20H16ClN3O. The normalized spacial score (nSPS) is 16.0. The number of benzene rings is 2. The number of aromatic nitrogens is 1. The average molecular weight is 350 g/mol. The van der Waals surface area contributed by atoms with Gasteiger partial charge in [0, 0.05) is 22.6 Å². The number of rotatable bonds is 3. The molecule has 3 aromatic rings. The molecule has 1 atom stereocenters. The Morgan fingerprint density at radius 1 is 1.04 bits per heavy atom. The fourth-order valence-corrected chi connectivity index (χ4v) is 3.12. The van der Waals surface area contributed by atoms with Gasteiger partial charge >= 0.3 is 0 Å². The van der Waals surface area contributed by atoms with Crippen LogP contribution in [0, 0.1) is 6.92 Å². The highest BCUT2D eigenvalue weighted by Crippen LogP contribution is 2.37. The molecule has 1 aliphatic heterocycles. The second-order valence-corrected chi connectivity index (χ2v) is 6.44. The average Bonchev–Trinajstić information content (AvgIpc) is 2.90. The second kappa shape index (κ2) is 6.22. The van der Waals surface area contributed by atoms with Gasteiger partial charge in [-0.15, -0.1) is 0 Å². The van der Waals surface area contributed by atoms with Gasteiger partial charge in [0.15, 0.2) is 6.17 Å². The standard InChI is InChI=1S/C20H16ClN3O/c1-13-4-10-16(11-5-13)24-19(23-15-8-6-14(21)7-9-15)18-17(20(24)25)3-2-12-22-18/h2-12,19,23H,1H3/t19-/m0/s1. The molecule has 1 N–H and O–H groups in total. The van der Waals surface area contributed by atoms with Crippen molar-refractivity contribution in [1.82, 2.24) is 4.98 Å². The zero-order valence-corrected chi connectivity index (χ0v) is 14.4. The van der Waals surface area contributed by atoms with Crippen LogP contribution < -0.4 is 10.2 Å². The number of nitrogens with one attached hydrogen (secondary N) is 1. The highest BCUT2D eigenvalue weighted by Gasteiger charge is 2.38. The van der Waals surface area contributed by atoms with Gasteiger partial charge in [-0.1, -0.05) is 29.3 Å². The van der Waals surface area contributed by atoms with Crippen LogP contribution in [0.15, 0.2) is 66.9 Å². The first-order chi connectivity index (χ1) is 12.1. The molecule has 1 aromatic heterocycles. The molecule has 0 spiro atoms. The molecule has 4 rings (SSSR count). The predicted molar refractivity (Wildman–Crippen MR) is 100 cm³/mol. The Bertz CT molecular complexity index is 922. The first-order valence-electron chi connectivity index (χ1n) is 8.01. The van der Waals surface area contributed by atoms with E-state index in [9.17, 15) is 4.79 Å². The highest BCUT2D eigenvalue weighted by atomic mass is 35.5. The van der Waals surface area contributed by atoms with Crippen LogP contribution in [0.1, 0.15) is 27.8 Å². The Morgan fingerprint density at radius 2 is 1.76 bits per heavy atom. The number of pyridine rings is 1. The van der Waals surface area contributed by atoms with Gasteiger partial charge in [0.05, 0.1) is 11.3 Å². The molecular weight excluding hydrogens is 334 g/mol. The Morgan fingerprint density at radius 3 is 2.48 bits per heavy atom. The van der Waals surface area contributed by atoms with Crippen molar-refractivity contribution in [3.05, 3.63) is 88.7 Å². The fourth-order valence-electron chi connectivity index (χ4n) is 2.99. The molecule has 2 aromatic carbocycles. The number of aryl methyl sites for hydroxylation is 1. The number of hydrogen-bond donors (Lipinski definition) is 1. The third kappa shape index (κ3) is 2.85. The van der Waals surface area contributed by atoms with E-state index < -0.39 is 0 Å². The number of amides is 1. The number of halogens is 1. The number of hydrogen-bond acceptors (Lipinski definition) is 3. The predicted octanol–water partition coefficient (Wildman–Crippen LogP) is 4.81. The summed E-state index contributed by atoms with van der Waals surface area (Å²) < 4.78 is 0. The Kier molecular flexibility index (Phi) is 3.90. The van der Waals surface area contributed by atoms with Crippen LogP contribution in [0.5, 0.6) is 0 Å². The quantitative estimate of drug-likeness (QED) is 0.737. The summed E-state index contributed by atoms with van der Waals surface area (Å²) in [4.78, 5) is 19.2. The summed E-state index contributed by atoms with van der Waals surface area (Å²) in [7, 11) is 0. The third-order valence-corrected chi connectivity index (χ3v) is 4.52. The van der Waals surface area contributed by atoms with E-state index >= 15 is 0 Å². The molecule has 5 heteroatoms. The molecule has 124 valence electrons. The van der Waals surface area contributed by atoms with Crippen LogP contribution in [-0.4, -0.2) is 10.9 Å². The summed E-state index contributed by atoms with van der Waals surface area (Å²) in [6.07, 6.45) is 1.34. The van der Waals surface area contributed by atoms with Crippen molar-refractivity contribution in [3.63, 3.8) is 0 Å². The summed E-state index contributed by atoms with van der Waals surface area (Å²) in [6, 6.07) is 18.9. The maximum Gasteiger partial charge on any atom is 0.262 e. The lowest BCUT2D eigenvalue weighted by atomic mass is 10.2. The van der Waals surface area contributed by atoms with E-state index in [1.807, 2.05) is 61.5 Å². The van der Waals surface area contributed by atoms with E-state index in [4.69, 9.17) is 11.6 Å². The molecule has 1 amide bonds. The second-order valence-electron chi connectivity index (χ2n) is 6.00. The summed E-state index contributed by atoms with van der Waals surface area (Å²) in [6.45, 7) is 2.02. The van der Waals surface area contributed by atoms with Crippen molar-refractivity contribution >= 4 is 28.9 Å². The number of carbonyl (C=O) groups is 1. The van der Waals surface area contributed by atoms with E-state index in [0.717, 1.165) is 22.6 Å². The van der Waals surface area contributed by atoms with Crippen LogP contribution in [0.3, 0.4) is 0 Å². The number of fused-ring (bicyclic) bond motifs is 1. The lowest BCUT2D eigenvalue weighted by molar-refractivity contribution is 0.0993. The van der Waals surface area contributed by atoms with Crippen molar-refractivity contribution < 1.29 is 4.79 Å². The van der Waals surface area contributed by atoms with E-state index in [1.54, 1.807) is 17.2 Å². The maximum atomic E-state index is 13.0. The first-order valence-corrected chi connectivity index (χ1v) is 8.38. The largest absolute Gasteiger partial charge is 0.360 e. The topological polar surface area (TPSA) is 45.2 Å². The van der Waals surface area contributed by atoms with Gasteiger partial charge < -0.3 is 5.32 Å². The lowest BCUT2D eigenvalue weighted by Gasteiger charge is -2.26. The molecule has 1 aliphatic rings. The van der Waals surface area contributed by atoms with Crippen LogP contribution >= 0.6 is 11.6 Å². The minimum Gasteiger partial charge on any atom is -0.360 e. The molecule has 0 unspecified atom stereocenters. The van der Waals surface area contributed by atoms with Crippen LogP contribution in [0.4, 0.5) is 11.4 Å². The maximum absolute atomic E-state index is 13.0. The van der Waals surface area contributed by atoms with Crippen molar-refractivity contribution in [2.24, 2.45) is 0 Å². The van der Waals surface area contributed by atoms with E-state index in [-0.39, 0.29) is 12.1 Å². The minimum absolute atomic E-state index is 0.0570. The summed E-state index contributed by atoms with van der Waals surface area (Å²) in [5.74, 6) is -0.0570. The SMILES string of the molecule is Cc1ccc(N2C(=O)c3cccnc3[C@H]2Nc2ccc(Cl)cc2)cc1. The van der Waals surface area contributed by atoms with Crippen molar-refractivity contribution in [3.8, 4) is 0 Å². The molecule has 2 heterocycles. The smallest absolute Gasteiger partial charge is 0.262 e. The molecule has 0 saturated carbocycles. The number of carbonyl (C=O) groups excluding carboxylic acids is 1. The zero-order chi connectivity index (χ0) is 17.4. The van der Waals surface area contributed by atoms with Gasteiger partial charge in [0.1, 0.15) is 0 Å². The third-order valence-electron chi connectivity index (χ3n) is 4.26. The van der Waals surface area contributed by atoms with Gasteiger partial charge in [-0.3, -0.25) is 14.7 Å². The molecule has 0 bridgehead atoms. The van der Waals surface area contributed by atoms with Crippen molar-refractivity contribution in [2.75, 3.05) is 10.2 Å². The monoisotopic (exact) mass is 349 g/mol. The fraction of sp³-hybridized carbons (Fsp3) is 0.100. The van der Waals surface area contributed by atoms with E-state index in [1.165, 1.54) is 0 Å². The van der Waals surface area contributed by atoms with Gasteiger partial charge in [0.25, 0.3) is 5.91 Å². The van der Waals surface area contributed by atoms with Gasteiger partial charge in [0.2, 0.25) is 0 Å². The Hall–Kier alpha value is -2.85. The summed E-state index contributed by atoms with van der Waals surface area (Å²) >= 11 is 5.97. The Balaban J connectivity index is 1.77. The van der Waals surface area contributed by atoms with Crippen LogP contribution in [-0.2, 0) is 0 Å². The van der Waals surface area contributed by atoms with Crippen LogP contribution in [0.2, 0.25) is 5.02 Å². The molecule has 4 nitrogen and oxygen atoms in total. The van der Waals surface area contributed by atoms with Gasteiger partial charge in [-0.2, -0.15) is 0 Å². The molecule has 0 fully saturated rings. The van der Waals surface area contributed by atoms with Gasteiger partial charge in [-0.25, -0.2) is 0 Å². The minimum atomic E-state index is -0.368. The van der Waals surface area contributed by atoms with E-state index in [2.05, 4.69) is 10.3 Å². The number of anilines is 2. The lowest BCUT2D eigenvalue weighted by Crippen LogP contribution is -2.32. The summed E-state index contributed by atoms with van der Waals surface area (Å²) in [5, 5.41) is 4.07. The van der Waals surface area contributed by atoms with Crippen molar-refractivity contribution in [2.45, 2.75) is 13.1 Å². The molecule has 0 saturated heterocycles. The van der Waals surface area contributed by atoms with Crippen molar-refractivity contribution in [1.29, 1.82) is 0 Å². The zero-order valence-electron chi connectivity index (χ0n) is 13.6. The van der Waals surface area contributed by atoms with Gasteiger partial charge in [-0.05, 0) is 55.5 Å². The Labute approximate surface area is 151 Å². The summed E-state index contributed by atoms with van der Waals surface area (Å²) in [5.41, 5.74) is 4.20. The highest BCUT2D eigenvalue weighted by molar-refractivity contribution is 6.30. The van der Waals surface area contributed by atoms with Crippen LogP contribution in [0.25, 0.3) is 0 Å². The molecule has 0 aliphatic carbocycles. The molecule has 25 heavy (non-hydrogen) atoms.